The fraction of sp³-hybridized carbons (Fsp3) is 0.278. The van der Waals surface area contributed by atoms with Gasteiger partial charge < -0.3 is 19.0 Å². The van der Waals surface area contributed by atoms with E-state index in [1.165, 1.54) is 11.3 Å². The number of hydrogen-bond donors (Lipinski definition) is 0. The zero-order valence-electron chi connectivity index (χ0n) is 14.3. The Kier molecular flexibility index (Phi) is 5.52. The molecule has 0 fully saturated rings. The van der Waals surface area contributed by atoms with Crippen molar-refractivity contribution in [3.63, 3.8) is 0 Å². The van der Waals surface area contributed by atoms with Crippen LogP contribution >= 0.6 is 11.3 Å². The van der Waals surface area contributed by atoms with Gasteiger partial charge in [-0.05, 0) is 44.2 Å². The molecule has 26 heavy (non-hydrogen) atoms. The van der Waals surface area contributed by atoms with Crippen LogP contribution in [-0.2, 0) is 14.4 Å². The van der Waals surface area contributed by atoms with Crippen molar-refractivity contribution in [3.8, 4) is 11.5 Å². The number of aryl methyl sites for hydroxylation is 1. The van der Waals surface area contributed by atoms with Gasteiger partial charge in [-0.15, -0.1) is 11.3 Å². The highest BCUT2D eigenvalue weighted by Gasteiger charge is 2.15. The Morgan fingerprint density at radius 2 is 1.96 bits per heavy atom. The van der Waals surface area contributed by atoms with Crippen LogP contribution in [0.1, 0.15) is 27.0 Å². The normalized spacial score (nSPS) is 12.8. The highest BCUT2D eigenvalue weighted by atomic mass is 32.1. The Bertz CT molecular complexity index is 857. The molecule has 0 amide bonds. The van der Waals surface area contributed by atoms with Gasteiger partial charge in [0.25, 0.3) is 0 Å². The van der Waals surface area contributed by atoms with Gasteiger partial charge in [-0.25, -0.2) is 4.79 Å². The summed E-state index contributed by atoms with van der Waals surface area (Å²) >= 11 is 1.36. The van der Waals surface area contributed by atoms with Crippen molar-refractivity contribution < 1.29 is 28.6 Å². The first-order valence-electron chi connectivity index (χ1n) is 7.85. The van der Waals surface area contributed by atoms with E-state index in [1.807, 2.05) is 19.1 Å². The van der Waals surface area contributed by atoms with Crippen molar-refractivity contribution in [1.29, 1.82) is 0 Å². The summed E-state index contributed by atoms with van der Waals surface area (Å²) in [6, 6.07) is 8.94. The molecule has 3 rings (SSSR count). The summed E-state index contributed by atoms with van der Waals surface area (Å²) < 4.78 is 15.4. The Labute approximate surface area is 154 Å². The number of hydrogen-bond acceptors (Lipinski definition) is 8. The van der Waals surface area contributed by atoms with Gasteiger partial charge in [0, 0.05) is 10.4 Å². The lowest BCUT2D eigenvalue weighted by molar-refractivity contribution is -0.147. The lowest BCUT2D eigenvalue weighted by atomic mass is 10.1. The minimum absolute atomic E-state index is 0.196. The Balaban J connectivity index is 1.45. The van der Waals surface area contributed by atoms with E-state index in [9.17, 15) is 9.59 Å². The molecule has 136 valence electrons. The molecule has 1 aromatic heterocycles. The molecule has 0 unspecified atom stereocenters. The minimum Gasteiger partial charge on any atom is -0.455 e. The number of rotatable bonds is 7. The van der Waals surface area contributed by atoms with Crippen LogP contribution in [0.4, 0.5) is 0 Å². The number of carbonyl (C=O) groups excluding carboxylic acids is 2. The van der Waals surface area contributed by atoms with Crippen LogP contribution in [0.5, 0.6) is 11.5 Å². The molecule has 0 radical (unpaired) electrons. The zero-order valence-corrected chi connectivity index (χ0v) is 15.1. The Morgan fingerprint density at radius 1 is 1.15 bits per heavy atom. The predicted molar refractivity (Wildman–Crippen MR) is 95.1 cm³/mol. The number of fused-ring (bicyclic) bond motifs is 1. The van der Waals surface area contributed by atoms with Crippen LogP contribution in [0.15, 0.2) is 35.5 Å². The molecule has 0 N–H and O–H groups in total. The van der Waals surface area contributed by atoms with Crippen LogP contribution in [0.25, 0.3) is 0 Å². The maximum atomic E-state index is 11.9. The summed E-state index contributed by atoms with van der Waals surface area (Å²) in [6.07, 6.45) is 0. The number of carbonyl (C=O) groups is 2. The number of ether oxygens (including phenoxy) is 3. The maximum Gasteiger partial charge on any atom is 0.347 e. The molecule has 0 spiro atoms. The Hall–Kier alpha value is -2.87. The van der Waals surface area contributed by atoms with Crippen molar-refractivity contribution in [3.05, 3.63) is 45.6 Å². The van der Waals surface area contributed by atoms with Gasteiger partial charge in [-0.2, -0.15) is 0 Å². The SMILES string of the molecule is C/C(=N/OCC(=O)OCC(=O)c1ccc(C)s1)c1ccc2c(c1)OCO2. The summed E-state index contributed by atoms with van der Waals surface area (Å²) in [5.41, 5.74) is 1.35. The second-order valence-corrected chi connectivity index (χ2v) is 6.80. The van der Waals surface area contributed by atoms with Gasteiger partial charge in [0.05, 0.1) is 10.6 Å². The van der Waals surface area contributed by atoms with Crippen LogP contribution < -0.4 is 9.47 Å². The third kappa shape index (κ3) is 4.40. The van der Waals surface area contributed by atoms with E-state index >= 15 is 0 Å². The average Bonchev–Trinajstić information content (AvgIpc) is 3.27. The number of oxime groups is 1. The summed E-state index contributed by atoms with van der Waals surface area (Å²) in [5.74, 6) is 0.417. The first-order valence-corrected chi connectivity index (χ1v) is 8.66. The number of benzene rings is 1. The number of esters is 1. The fourth-order valence-corrected chi connectivity index (χ4v) is 2.99. The van der Waals surface area contributed by atoms with Gasteiger partial charge in [0.2, 0.25) is 19.2 Å². The summed E-state index contributed by atoms with van der Waals surface area (Å²) in [5, 5.41) is 3.89. The van der Waals surface area contributed by atoms with Crippen molar-refractivity contribution in [2.75, 3.05) is 20.0 Å². The van der Waals surface area contributed by atoms with Crippen molar-refractivity contribution in [2.45, 2.75) is 13.8 Å². The predicted octanol–water partition coefficient (Wildman–Crippen LogP) is 2.95. The second kappa shape index (κ2) is 8.01. The van der Waals surface area contributed by atoms with Gasteiger partial charge >= 0.3 is 5.97 Å². The molecule has 8 heteroatoms. The van der Waals surface area contributed by atoms with E-state index in [0.717, 1.165) is 10.4 Å². The molecule has 2 heterocycles. The van der Waals surface area contributed by atoms with Gasteiger partial charge in [-0.3, -0.25) is 4.79 Å². The quantitative estimate of drug-likeness (QED) is 0.320. The molecule has 1 aliphatic rings. The van der Waals surface area contributed by atoms with Crippen LogP contribution in [0.3, 0.4) is 0 Å². The van der Waals surface area contributed by atoms with Gasteiger partial charge in [-0.1, -0.05) is 5.16 Å². The van der Waals surface area contributed by atoms with Crippen LogP contribution in [-0.4, -0.2) is 37.5 Å². The van der Waals surface area contributed by atoms with Crippen LogP contribution in [0.2, 0.25) is 0 Å². The average molecular weight is 375 g/mol. The zero-order chi connectivity index (χ0) is 18.5. The van der Waals surface area contributed by atoms with Gasteiger partial charge in [0.1, 0.15) is 0 Å². The second-order valence-electron chi connectivity index (χ2n) is 5.51. The number of nitrogens with zero attached hydrogens (tertiary/aromatic N) is 1. The molecular weight excluding hydrogens is 358 g/mol. The van der Waals surface area contributed by atoms with Crippen LogP contribution in [0, 0.1) is 6.92 Å². The molecule has 7 nitrogen and oxygen atoms in total. The molecule has 2 aromatic rings. The summed E-state index contributed by atoms with van der Waals surface area (Å²) in [6.45, 7) is 3.15. The fourth-order valence-electron chi connectivity index (χ4n) is 2.20. The summed E-state index contributed by atoms with van der Waals surface area (Å²) in [4.78, 5) is 30.1. The van der Waals surface area contributed by atoms with E-state index < -0.39 is 5.97 Å². The first kappa shape index (κ1) is 17.9. The molecule has 0 bridgehead atoms. The van der Waals surface area contributed by atoms with E-state index in [-0.39, 0.29) is 25.8 Å². The molecule has 1 aromatic carbocycles. The molecule has 0 saturated heterocycles. The topological polar surface area (TPSA) is 83.4 Å². The molecular formula is C18H17NO6S. The molecule has 0 atom stereocenters. The smallest absolute Gasteiger partial charge is 0.347 e. The van der Waals surface area contributed by atoms with E-state index in [1.54, 1.807) is 25.1 Å². The molecule has 0 saturated carbocycles. The van der Waals surface area contributed by atoms with E-state index in [0.29, 0.717) is 22.1 Å². The lowest BCUT2D eigenvalue weighted by Crippen LogP contribution is -2.17. The van der Waals surface area contributed by atoms with Crippen molar-refractivity contribution >= 4 is 28.8 Å². The summed E-state index contributed by atoms with van der Waals surface area (Å²) in [7, 11) is 0. The number of Topliss-reactive ketones (excluding diaryl/α,β-unsaturated/α-hetero) is 1. The lowest BCUT2D eigenvalue weighted by Gasteiger charge is -2.04. The van der Waals surface area contributed by atoms with E-state index in [2.05, 4.69) is 5.16 Å². The van der Waals surface area contributed by atoms with Crippen molar-refractivity contribution in [2.24, 2.45) is 5.16 Å². The number of ketones is 1. The number of thiophene rings is 1. The maximum absolute atomic E-state index is 11.9. The first-order chi connectivity index (χ1) is 12.5. The Morgan fingerprint density at radius 3 is 2.73 bits per heavy atom. The highest BCUT2D eigenvalue weighted by molar-refractivity contribution is 7.14. The van der Waals surface area contributed by atoms with Crippen molar-refractivity contribution in [1.82, 2.24) is 0 Å². The third-order valence-electron chi connectivity index (χ3n) is 3.55. The monoisotopic (exact) mass is 375 g/mol. The van der Waals surface area contributed by atoms with Gasteiger partial charge in [0.15, 0.2) is 18.1 Å². The van der Waals surface area contributed by atoms with E-state index in [4.69, 9.17) is 19.0 Å². The minimum atomic E-state index is -0.658. The standard InChI is InChI=1S/C18H17NO6S/c1-11-3-6-17(26-11)14(20)8-22-18(21)9-25-19-12(2)13-4-5-15-16(7-13)24-10-23-15/h3-7H,8-10H2,1-2H3/b19-12-. The highest BCUT2D eigenvalue weighted by Crippen LogP contribution is 2.32. The largest absolute Gasteiger partial charge is 0.455 e. The third-order valence-corrected chi connectivity index (χ3v) is 4.60. The molecule has 1 aliphatic heterocycles. The molecule has 0 aliphatic carbocycles.